The van der Waals surface area contributed by atoms with Gasteiger partial charge in [-0.05, 0) is 48.5 Å². The molecule has 0 aliphatic carbocycles. The Hall–Kier alpha value is -3.92. The highest BCUT2D eigenvalue weighted by Gasteiger charge is 2.27. The number of nitrogen functional groups attached to an aromatic ring is 1. The third-order valence-electron chi connectivity index (χ3n) is 4.06. The molecule has 0 fully saturated rings. The number of nitro benzene ring substituents is 1. The van der Waals surface area contributed by atoms with Crippen LogP contribution in [-0.4, -0.2) is 24.4 Å². The smallest absolute Gasteiger partial charge is 0.269 e. The van der Waals surface area contributed by atoms with E-state index >= 15 is 0 Å². The van der Waals surface area contributed by atoms with E-state index < -0.39 is 20.7 Å². The molecule has 0 unspecified atom stereocenters. The van der Waals surface area contributed by atoms with Gasteiger partial charge in [0.25, 0.3) is 11.6 Å². The topological polar surface area (TPSA) is 153 Å². The minimum Gasteiger partial charge on any atom is -0.508 e. The van der Waals surface area contributed by atoms with Crippen molar-refractivity contribution in [2.24, 2.45) is 0 Å². The first-order valence-electron chi connectivity index (χ1n) is 8.18. The molecule has 0 aromatic heterocycles. The van der Waals surface area contributed by atoms with Gasteiger partial charge in [-0.25, -0.2) is 8.42 Å². The molecule has 0 heterocycles. The molecule has 0 saturated carbocycles. The van der Waals surface area contributed by atoms with Gasteiger partial charge in [0, 0.05) is 23.5 Å². The summed E-state index contributed by atoms with van der Waals surface area (Å²) in [5, 5.41) is 22.6. The van der Waals surface area contributed by atoms with Crippen molar-refractivity contribution in [1.82, 2.24) is 0 Å². The van der Waals surface area contributed by atoms with Crippen LogP contribution in [0.5, 0.6) is 5.75 Å². The number of phenols is 1. The first-order valence-corrected chi connectivity index (χ1v) is 9.67. The summed E-state index contributed by atoms with van der Waals surface area (Å²) in [6.45, 7) is 0. The average molecular weight is 413 g/mol. The number of nitrogens with one attached hydrogen (secondary N) is 1. The van der Waals surface area contributed by atoms with Crippen molar-refractivity contribution < 1.29 is 23.2 Å². The number of phenolic OH excluding ortho intramolecular Hbond substituents is 1. The Morgan fingerprint density at radius 3 is 2.21 bits per heavy atom. The predicted molar refractivity (Wildman–Crippen MR) is 105 cm³/mol. The maximum atomic E-state index is 13.1. The molecule has 0 atom stereocenters. The summed E-state index contributed by atoms with van der Waals surface area (Å²) in [4.78, 5) is 22.3. The third-order valence-corrected chi connectivity index (χ3v) is 5.87. The van der Waals surface area contributed by atoms with Crippen LogP contribution in [-0.2, 0) is 9.84 Å². The fourth-order valence-electron chi connectivity index (χ4n) is 2.63. The molecule has 0 bridgehead atoms. The summed E-state index contributed by atoms with van der Waals surface area (Å²) >= 11 is 0. The quantitative estimate of drug-likeness (QED) is 0.251. The van der Waals surface area contributed by atoms with Crippen LogP contribution < -0.4 is 11.1 Å². The summed E-state index contributed by atoms with van der Waals surface area (Å²) in [5.74, 6) is -0.752. The summed E-state index contributed by atoms with van der Waals surface area (Å²) in [5.41, 5.74) is 5.65. The molecule has 1 amide bonds. The van der Waals surface area contributed by atoms with E-state index in [1.54, 1.807) is 0 Å². The van der Waals surface area contributed by atoms with Crippen LogP contribution in [0, 0.1) is 10.1 Å². The van der Waals surface area contributed by atoms with Gasteiger partial charge >= 0.3 is 0 Å². The maximum Gasteiger partial charge on any atom is 0.269 e. The number of carbonyl (C=O) groups excluding carboxylic acids is 1. The summed E-state index contributed by atoms with van der Waals surface area (Å²) in [7, 11) is -4.18. The number of benzene rings is 3. The van der Waals surface area contributed by atoms with Crippen molar-refractivity contribution >= 4 is 32.8 Å². The molecule has 3 rings (SSSR count). The number of carbonyl (C=O) groups is 1. The van der Waals surface area contributed by atoms with Gasteiger partial charge in [0.15, 0.2) is 0 Å². The second-order valence-corrected chi connectivity index (χ2v) is 7.89. The molecule has 29 heavy (non-hydrogen) atoms. The van der Waals surface area contributed by atoms with Crippen LogP contribution >= 0.6 is 0 Å². The molecule has 3 aromatic carbocycles. The molecule has 0 saturated heterocycles. The predicted octanol–water partition coefficient (Wildman–Crippen LogP) is 2.97. The average Bonchev–Trinajstić information content (AvgIpc) is 2.69. The fraction of sp³-hybridized carbons (Fsp3) is 0. The van der Waals surface area contributed by atoms with Crippen molar-refractivity contribution in [2.45, 2.75) is 9.79 Å². The number of rotatable bonds is 5. The lowest BCUT2D eigenvalue weighted by Crippen LogP contribution is -2.18. The van der Waals surface area contributed by atoms with Gasteiger partial charge < -0.3 is 16.2 Å². The second kappa shape index (κ2) is 7.60. The molecule has 0 aliphatic heterocycles. The fourth-order valence-corrected chi connectivity index (χ4v) is 4.11. The highest BCUT2D eigenvalue weighted by molar-refractivity contribution is 7.91. The Balaban J connectivity index is 2.03. The van der Waals surface area contributed by atoms with E-state index in [9.17, 15) is 28.4 Å². The molecule has 4 N–H and O–H groups in total. The molecular weight excluding hydrogens is 398 g/mol. The van der Waals surface area contributed by atoms with E-state index in [0.29, 0.717) is 5.69 Å². The molecule has 0 radical (unpaired) electrons. The number of nitrogens with two attached hydrogens (primary N) is 1. The molecule has 0 aliphatic rings. The van der Waals surface area contributed by atoms with Gasteiger partial charge in [0.05, 0.1) is 20.3 Å². The van der Waals surface area contributed by atoms with Gasteiger partial charge in [-0.2, -0.15) is 0 Å². The third kappa shape index (κ3) is 4.01. The van der Waals surface area contributed by atoms with E-state index in [2.05, 4.69) is 5.32 Å². The number of hydrogen-bond donors (Lipinski definition) is 3. The van der Waals surface area contributed by atoms with Crippen molar-refractivity contribution in [3.8, 4) is 5.75 Å². The Morgan fingerprint density at radius 1 is 1.00 bits per heavy atom. The lowest BCUT2D eigenvalue weighted by Gasteiger charge is -2.13. The largest absolute Gasteiger partial charge is 0.508 e. The molecule has 9 nitrogen and oxygen atoms in total. The van der Waals surface area contributed by atoms with Gasteiger partial charge in [0.2, 0.25) is 9.84 Å². The number of anilines is 2. The van der Waals surface area contributed by atoms with Crippen LogP contribution in [0.2, 0.25) is 0 Å². The molecule has 148 valence electrons. The van der Waals surface area contributed by atoms with Gasteiger partial charge in [-0.1, -0.05) is 6.07 Å². The SMILES string of the molecule is Nc1cccc(S(=O)(=O)c2ccc([N+](=O)[O-])cc2)c1C(=O)Nc1ccc(O)cc1. The summed E-state index contributed by atoms with van der Waals surface area (Å²) in [6.07, 6.45) is 0. The van der Waals surface area contributed by atoms with E-state index in [0.717, 1.165) is 24.3 Å². The van der Waals surface area contributed by atoms with Crippen molar-refractivity contribution in [2.75, 3.05) is 11.1 Å². The van der Waals surface area contributed by atoms with E-state index in [1.807, 2.05) is 0 Å². The zero-order valence-electron chi connectivity index (χ0n) is 14.8. The number of sulfone groups is 1. The number of nitro groups is 1. The summed E-state index contributed by atoms with van der Waals surface area (Å²) < 4.78 is 26.1. The lowest BCUT2D eigenvalue weighted by atomic mass is 10.1. The van der Waals surface area contributed by atoms with Crippen LogP contribution in [0.1, 0.15) is 10.4 Å². The zero-order chi connectivity index (χ0) is 21.2. The zero-order valence-corrected chi connectivity index (χ0v) is 15.6. The van der Waals surface area contributed by atoms with Gasteiger partial charge in [-0.15, -0.1) is 0 Å². The normalized spacial score (nSPS) is 11.0. The number of hydrogen-bond acceptors (Lipinski definition) is 7. The number of nitrogens with zero attached hydrogens (tertiary/aromatic N) is 1. The first-order chi connectivity index (χ1) is 13.7. The highest BCUT2D eigenvalue weighted by Crippen LogP contribution is 2.29. The number of aromatic hydroxyl groups is 1. The maximum absolute atomic E-state index is 13.1. The summed E-state index contributed by atoms with van der Waals surface area (Å²) in [6, 6.07) is 13.9. The Labute approximate surface area is 165 Å². The van der Waals surface area contributed by atoms with Crippen molar-refractivity contribution in [1.29, 1.82) is 0 Å². The van der Waals surface area contributed by atoms with Crippen molar-refractivity contribution in [3.63, 3.8) is 0 Å². The molecule has 3 aromatic rings. The number of amides is 1. The van der Waals surface area contributed by atoms with E-state index in [-0.39, 0.29) is 32.5 Å². The Kier molecular flexibility index (Phi) is 5.20. The minimum atomic E-state index is -4.18. The first kappa shape index (κ1) is 19.8. The second-order valence-electron chi connectivity index (χ2n) is 5.98. The molecular formula is C19H15N3O6S. The minimum absolute atomic E-state index is 0.00339. The molecule has 10 heteroatoms. The van der Waals surface area contributed by atoms with Crippen molar-refractivity contribution in [3.05, 3.63) is 82.4 Å². The number of non-ortho nitro benzene ring substituents is 1. The Morgan fingerprint density at radius 2 is 1.62 bits per heavy atom. The van der Waals surface area contributed by atoms with Crippen LogP contribution in [0.25, 0.3) is 0 Å². The van der Waals surface area contributed by atoms with Gasteiger partial charge in [0.1, 0.15) is 5.75 Å². The van der Waals surface area contributed by atoms with Gasteiger partial charge in [-0.3, -0.25) is 14.9 Å². The van der Waals surface area contributed by atoms with Crippen LogP contribution in [0.4, 0.5) is 17.1 Å². The monoisotopic (exact) mass is 413 g/mol. The highest BCUT2D eigenvalue weighted by atomic mass is 32.2. The van der Waals surface area contributed by atoms with E-state index in [4.69, 9.17) is 5.73 Å². The molecule has 0 spiro atoms. The Bertz CT molecular complexity index is 1190. The van der Waals surface area contributed by atoms with E-state index in [1.165, 1.54) is 42.5 Å². The van der Waals surface area contributed by atoms with Crippen LogP contribution in [0.3, 0.4) is 0 Å². The lowest BCUT2D eigenvalue weighted by molar-refractivity contribution is -0.384. The van der Waals surface area contributed by atoms with Crippen LogP contribution in [0.15, 0.2) is 76.5 Å². The standard InChI is InChI=1S/C19H15N3O6S/c20-16-2-1-3-17(18(16)19(24)21-12-4-8-14(23)9-5-12)29(27,28)15-10-6-13(7-11-15)22(25)26/h1-11,23H,20H2,(H,21,24).